The Labute approximate surface area is 193 Å². The summed E-state index contributed by atoms with van der Waals surface area (Å²) in [5.74, 6) is -0.136. The third kappa shape index (κ3) is 6.88. The number of Topliss-reactive ketones (excluding diaryl/α,β-unsaturated/α-hetero) is 1. The number of ether oxygens (including phenoxy) is 1. The predicted molar refractivity (Wildman–Crippen MR) is 128 cm³/mol. The molecule has 2 aromatic rings. The Kier molecular flexibility index (Phi) is 7.58. The molecule has 1 aromatic carbocycles. The second-order valence-corrected chi connectivity index (χ2v) is 8.97. The minimum Gasteiger partial charge on any atom is -0.444 e. The first-order valence-corrected chi connectivity index (χ1v) is 10.9. The van der Waals surface area contributed by atoms with E-state index in [4.69, 9.17) is 17.0 Å². The van der Waals surface area contributed by atoms with Gasteiger partial charge in [0.05, 0.1) is 5.57 Å². The molecule has 3 N–H and O–H groups in total. The maximum Gasteiger partial charge on any atom is 0.407 e. The third-order valence-corrected chi connectivity index (χ3v) is 5.00. The highest BCUT2D eigenvalue weighted by atomic mass is 32.1. The van der Waals surface area contributed by atoms with Crippen LogP contribution in [0.1, 0.15) is 39.2 Å². The van der Waals surface area contributed by atoms with Crippen molar-refractivity contribution in [2.24, 2.45) is 0 Å². The number of rotatable bonds is 6. The van der Waals surface area contributed by atoms with E-state index in [1.807, 2.05) is 42.5 Å². The van der Waals surface area contributed by atoms with E-state index in [1.54, 1.807) is 33.2 Å². The smallest absolute Gasteiger partial charge is 0.407 e. The molecular formula is C24H28N4O3S. The molecule has 7 nitrogen and oxygen atoms in total. The predicted octanol–water partition coefficient (Wildman–Crippen LogP) is 4.12. The Morgan fingerprint density at radius 3 is 2.47 bits per heavy atom. The van der Waals surface area contributed by atoms with Crippen LogP contribution in [0.3, 0.4) is 0 Å². The maximum absolute atomic E-state index is 13.1. The van der Waals surface area contributed by atoms with Gasteiger partial charge >= 0.3 is 6.09 Å². The van der Waals surface area contributed by atoms with Crippen molar-refractivity contribution in [2.75, 3.05) is 5.32 Å². The Bertz CT molecular complexity index is 1000. The first kappa shape index (κ1) is 23.4. The SMILES string of the molecule is CC(C)(C)OC(=O)NC1CC(=O)C(C(=S)Nc2ccccc2)=C(NCc2ccncc2)C1. The molecule has 1 amide bonds. The molecule has 0 radical (unpaired) electrons. The van der Waals surface area contributed by atoms with Crippen molar-refractivity contribution in [2.45, 2.75) is 51.8 Å². The van der Waals surface area contributed by atoms with Crippen molar-refractivity contribution in [1.82, 2.24) is 15.6 Å². The van der Waals surface area contributed by atoms with E-state index in [-0.39, 0.29) is 18.2 Å². The Hall–Kier alpha value is -3.26. The number of anilines is 1. The Morgan fingerprint density at radius 1 is 1.12 bits per heavy atom. The van der Waals surface area contributed by atoms with Crippen LogP contribution in [0, 0.1) is 0 Å². The fraction of sp³-hybridized carbons (Fsp3) is 0.333. The average Bonchev–Trinajstić information content (AvgIpc) is 2.72. The normalized spacial score (nSPS) is 16.3. The van der Waals surface area contributed by atoms with Crippen molar-refractivity contribution in [3.05, 3.63) is 71.7 Å². The number of hydrogen-bond acceptors (Lipinski definition) is 6. The molecule has 0 saturated heterocycles. The zero-order valence-electron chi connectivity index (χ0n) is 18.5. The van der Waals surface area contributed by atoms with E-state index in [1.165, 1.54) is 0 Å². The van der Waals surface area contributed by atoms with E-state index in [0.717, 1.165) is 11.3 Å². The Morgan fingerprint density at radius 2 is 1.81 bits per heavy atom. The number of aromatic nitrogens is 1. The molecule has 0 bridgehead atoms. The summed E-state index contributed by atoms with van der Waals surface area (Å²) < 4.78 is 5.35. The number of alkyl carbamates (subject to hydrolysis) is 1. The molecule has 1 aliphatic rings. The number of thiocarbonyl (C=S) groups is 1. The van der Waals surface area contributed by atoms with E-state index in [0.29, 0.717) is 29.2 Å². The quantitative estimate of drug-likeness (QED) is 0.568. The fourth-order valence-electron chi connectivity index (χ4n) is 3.34. The fourth-order valence-corrected chi connectivity index (χ4v) is 3.69. The minimum atomic E-state index is -0.618. The van der Waals surface area contributed by atoms with E-state index in [9.17, 15) is 9.59 Å². The summed E-state index contributed by atoms with van der Waals surface area (Å²) in [4.78, 5) is 29.7. The molecule has 1 atom stereocenters. The van der Waals surface area contributed by atoms with Gasteiger partial charge in [-0.3, -0.25) is 9.78 Å². The van der Waals surface area contributed by atoms with E-state index in [2.05, 4.69) is 20.9 Å². The van der Waals surface area contributed by atoms with Gasteiger partial charge in [-0.1, -0.05) is 30.4 Å². The summed E-state index contributed by atoms with van der Waals surface area (Å²) in [6, 6.07) is 12.9. The van der Waals surface area contributed by atoms with Crippen LogP contribution in [-0.2, 0) is 16.1 Å². The number of amides is 1. The number of para-hydroxylation sites is 1. The number of ketones is 1. The highest BCUT2D eigenvalue weighted by Crippen LogP contribution is 2.24. The zero-order valence-corrected chi connectivity index (χ0v) is 19.3. The van der Waals surface area contributed by atoms with Gasteiger partial charge in [0.2, 0.25) is 0 Å². The summed E-state index contributed by atoms with van der Waals surface area (Å²) >= 11 is 5.59. The largest absolute Gasteiger partial charge is 0.444 e. The molecule has 3 rings (SSSR count). The number of carbonyl (C=O) groups excluding carboxylic acids is 2. The monoisotopic (exact) mass is 452 g/mol. The van der Waals surface area contributed by atoms with Gasteiger partial charge in [-0.2, -0.15) is 0 Å². The third-order valence-electron chi connectivity index (χ3n) is 4.70. The second-order valence-electron chi connectivity index (χ2n) is 8.56. The van der Waals surface area contributed by atoms with Crippen LogP contribution in [-0.4, -0.2) is 33.5 Å². The number of benzene rings is 1. The summed E-state index contributed by atoms with van der Waals surface area (Å²) in [6.07, 6.45) is 3.46. The summed E-state index contributed by atoms with van der Waals surface area (Å²) in [7, 11) is 0. The highest BCUT2D eigenvalue weighted by Gasteiger charge is 2.32. The molecule has 32 heavy (non-hydrogen) atoms. The summed E-state index contributed by atoms with van der Waals surface area (Å²) in [5.41, 5.74) is 2.34. The van der Waals surface area contributed by atoms with Crippen molar-refractivity contribution in [1.29, 1.82) is 0 Å². The number of nitrogens with zero attached hydrogens (tertiary/aromatic N) is 1. The van der Waals surface area contributed by atoms with Crippen LogP contribution in [0.25, 0.3) is 0 Å². The number of hydrogen-bond donors (Lipinski definition) is 3. The van der Waals surface area contributed by atoms with Gasteiger partial charge in [0.1, 0.15) is 10.6 Å². The second kappa shape index (κ2) is 10.4. The van der Waals surface area contributed by atoms with Crippen molar-refractivity contribution in [3.8, 4) is 0 Å². The average molecular weight is 453 g/mol. The number of pyridine rings is 1. The molecular weight excluding hydrogens is 424 g/mol. The lowest BCUT2D eigenvalue weighted by Gasteiger charge is -2.29. The van der Waals surface area contributed by atoms with Crippen molar-refractivity contribution >= 4 is 34.8 Å². The van der Waals surface area contributed by atoms with Crippen LogP contribution >= 0.6 is 12.2 Å². The first-order chi connectivity index (χ1) is 15.2. The zero-order chi connectivity index (χ0) is 23.1. The van der Waals surface area contributed by atoms with Gasteiger partial charge in [0.25, 0.3) is 0 Å². The van der Waals surface area contributed by atoms with Crippen LogP contribution in [0.2, 0.25) is 0 Å². The van der Waals surface area contributed by atoms with Gasteiger partial charge in [-0.15, -0.1) is 0 Å². The molecule has 1 unspecified atom stereocenters. The van der Waals surface area contributed by atoms with Crippen molar-refractivity contribution in [3.63, 3.8) is 0 Å². The van der Waals surface area contributed by atoms with Gasteiger partial charge < -0.3 is 20.7 Å². The van der Waals surface area contributed by atoms with Gasteiger partial charge in [0, 0.05) is 49.2 Å². The highest BCUT2D eigenvalue weighted by molar-refractivity contribution is 7.81. The van der Waals surface area contributed by atoms with Gasteiger partial charge in [0.15, 0.2) is 5.78 Å². The summed E-state index contributed by atoms with van der Waals surface area (Å²) in [5, 5.41) is 9.31. The molecule has 168 valence electrons. The first-order valence-electron chi connectivity index (χ1n) is 10.5. The molecule has 0 aliphatic heterocycles. The number of nitrogens with one attached hydrogen (secondary N) is 3. The maximum atomic E-state index is 13.1. The molecule has 0 spiro atoms. The Balaban J connectivity index is 1.80. The van der Waals surface area contributed by atoms with Crippen LogP contribution in [0.15, 0.2) is 66.1 Å². The van der Waals surface area contributed by atoms with E-state index >= 15 is 0 Å². The number of carbonyl (C=O) groups is 2. The van der Waals surface area contributed by atoms with Gasteiger partial charge in [-0.25, -0.2) is 4.79 Å². The molecule has 1 aromatic heterocycles. The molecule has 1 heterocycles. The lowest BCUT2D eigenvalue weighted by atomic mass is 9.90. The standard InChI is InChI=1S/C24H28N4O3S/c1-24(2,3)31-23(30)28-18-13-19(26-15-16-9-11-25-12-10-16)21(20(29)14-18)22(32)27-17-7-5-4-6-8-17/h4-12,18,26H,13-15H2,1-3H3,(H,27,32)(H,28,30). The van der Waals surface area contributed by atoms with Crippen LogP contribution in [0.4, 0.5) is 10.5 Å². The molecule has 0 fully saturated rings. The molecule has 1 aliphatic carbocycles. The van der Waals surface area contributed by atoms with Crippen LogP contribution < -0.4 is 16.0 Å². The summed E-state index contributed by atoms with van der Waals surface area (Å²) in [6.45, 7) is 5.89. The molecule has 8 heteroatoms. The van der Waals surface area contributed by atoms with E-state index < -0.39 is 11.7 Å². The molecule has 0 saturated carbocycles. The topological polar surface area (TPSA) is 92.3 Å². The van der Waals surface area contributed by atoms with Crippen LogP contribution in [0.5, 0.6) is 0 Å². The lowest BCUT2D eigenvalue weighted by molar-refractivity contribution is -0.116. The minimum absolute atomic E-state index is 0.136. The van der Waals surface area contributed by atoms with Gasteiger partial charge in [-0.05, 0) is 50.6 Å². The van der Waals surface area contributed by atoms with Crippen molar-refractivity contribution < 1.29 is 14.3 Å². The lowest BCUT2D eigenvalue weighted by Crippen LogP contribution is -2.44.